The molecule has 0 unspecified atom stereocenters. The van der Waals surface area contributed by atoms with Gasteiger partial charge in [0.05, 0.1) is 0 Å². The van der Waals surface area contributed by atoms with Crippen molar-refractivity contribution in [3.8, 4) is 0 Å². The third kappa shape index (κ3) is 2.46. The van der Waals surface area contributed by atoms with Gasteiger partial charge in [-0.3, -0.25) is 4.90 Å². The van der Waals surface area contributed by atoms with Crippen molar-refractivity contribution in [3.05, 3.63) is 0 Å². The van der Waals surface area contributed by atoms with Crippen molar-refractivity contribution in [3.63, 3.8) is 0 Å². The highest BCUT2D eigenvalue weighted by Gasteiger charge is 2.37. The van der Waals surface area contributed by atoms with Crippen LogP contribution in [0.2, 0.25) is 0 Å². The lowest BCUT2D eigenvalue weighted by molar-refractivity contribution is 0.125. The molecule has 0 amide bonds. The van der Waals surface area contributed by atoms with E-state index in [1.807, 2.05) is 0 Å². The highest BCUT2D eigenvalue weighted by atomic mass is 15.2. The normalized spacial score (nSPS) is 28.6. The van der Waals surface area contributed by atoms with Gasteiger partial charge in [-0.2, -0.15) is 0 Å². The summed E-state index contributed by atoms with van der Waals surface area (Å²) < 4.78 is 0. The van der Waals surface area contributed by atoms with Crippen molar-refractivity contribution in [2.24, 2.45) is 5.92 Å². The summed E-state index contributed by atoms with van der Waals surface area (Å²) in [6.07, 6.45) is 4.15. The molecule has 1 fully saturated rings. The Balaban J connectivity index is 2.58. The maximum Gasteiger partial charge on any atom is 0.0156 e. The minimum Gasteiger partial charge on any atom is -0.296 e. The third-order valence-corrected chi connectivity index (χ3v) is 3.39. The van der Waals surface area contributed by atoms with Crippen LogP contribution in [0.15, 0.2) is 0 Å². The second-order valence-electron chi connectivity index (χ2n) is 5.42. The first-order chi connectivity index (χ1) is 5.97. The van der Waals surface area contributed by atoms with Gasteiger partial charge in [-0.25, -0.2) is 0 Å². The van der Waals surface area contributed by atoms with Crippen LogP contribution in [0.4, 0.5) is 0 Å². The summed E-state index contributed by atoms with van der Waals surface area (Å²) in [5.41, 5.74) is 0.453. The lowest BCUT2D eigenvalue weighted by atomic mass is 10.0. The van der Waals surface area contributed by atoms with Crippen molar-refractivity contribution in [1.29, 1.82) is 0 Å². The fourth-order valence-electron chi connectivity index (χ4n) is 2.79. The van der Waals surface area contributed by atoms with Crippen LogP contribution in [0.5, 0.6) is 0 Å². The van der Waals surface area contributed by atoms with Crippen LogP contribution in [-0.2, 0) is 0 Å². The van der Waals surface area contributed by atoms with Gasteiger partial charge in [-0.1, -0.05) is 20.8 Å². The van der Waals surface area contributed by atoms with Crippen molar-refractivity contribution in [2.75, 3.05) is 6.54 Å². The second-order valence-corrected chi connectivity index (χ2v) is 5.42. The molecule has 1 rings (SSSR count). The van der Waals surface area contributed by atoms with E-state index in [1.165, 1.54) is 25.8 Å². The fraction of sp³-hybridized carbons (Fsp3) is 1.00. The van der Waals surface area contributed by atoms with Gasteiger partial charge < -0.3 is 0 Å². The van der Waals surface area contributed by atoms with E-state index in [-0.39, 0.29) is 0 Å². The number of likely N-dealkylation sites (tertiary alicyclic amines) is 1. The first-order valence-electron chi connectivity index (χ1n) is 5.74. The standard InChI is InChI=1S/C12H25N/c1-6-13-11(9-10(2)3)7-8-12(13,4)5/h10-11H,6-9H2,1-5H3/t11-/m0/s1. The smallest absolute Gasteiger partial charge is 0.0156 e. The maximum atomic E-state index is 2.69. The van der Waals surface area contributed by atoms with Crippen LogP contribution in [0.25, 0.3) is 0 Å². The van der Waals surface area contributed by atoms with Crippen LogP contribution < -0.4 is 0 Å². The Morgan fingerprint density at radius 2 is 2.00 bits per heavy atom. The third-order valence-electron chi connectivity index (χ3n) is 3.39. The summed E-state index contributed by atoms with van der Waals surface area (Å²) in [5, 5.41) is 0. The lowest BCUT2D eigenvalue weighted by Crippen LogP contribution is -2.43. The van der Waals surface area contributed by atoms with E-state index >= 15 is 0 Å². The minimum absolute atomic E-state index is 0.453. The molecule has 0 aromatic carbocycles. The molecule has 0 N–H and O–H groups in total. The Hall–Kier alpha value is -0.0400. The number of hydrogen-bond acceptors (Lipinski definition) is 1. The van der Waals surface area contributed by atoms with E-state index in [0.717, 1.165) is 12.0 Å². The Morgan fingerprint density at radius 3 is 2.46 bits per heavy atom. The lowest BCUT2D eigenvalue weighted by Gasteiger charge is -2.35. The van der Waals surface area contributed by atoms with Crippen LogP contribution >= 0.6 is 0 Å². The summed E-state index contributed by atoms with van der Waals surface area (Å²) >= 11 is 0. The topological polar surface area (TPSA) is 3.24 Å². The van der Waals surface area contributed by atoms with Crippen LogP contribution in [0, 0.1) is 5.92 Å². The highest BCUT2D eigenvalue weighted by molar-refractivity contribution is 4.93. The minimum atomic E-state index is 0.453. The molecule has 0 spiro atoms. The highest BCUT2D eigenvalue weighted by Crippen LogP contribution is 2.35. The molecular formula is C12H25N. The van der Waals surface area contributed by atoms with E-state index in [4.69, 9.17) is 0 Å². The van der Waals surface area contributed by atoms with Crippen LogP contribution in [-0.4, -0.2) is 23.0 Å². The predicted molar refractivity (Wildman–Crippen MR) is 58.9 cm³/mol. The van der Waals surface area contributed by atoms with Crippen LogP contribution in [0.3, 0.4) is 0 Å². The first-order valence-corrected chi connectivity index (χ1v) is 5.74. The molecule has 1 saturated heterocycles. The molecule has 13 heavy (non-hydrogen) atoms. The number of hydrogen-bond donors (Lipinski definition) is 0. The molecular weight excluding hydrogens is 158 g/mol. The zero-order valence-corrected chi connectivity index (χ0v) is 9.93. The van der Waals surface area contributed by atoms with E-state index in [9.17, 15) is 0 Å². The van der Waals surface area contributed by atoms with E-state index < -0.39 is 0 Å². The van der Waals surface area contributed by atoms with Gasteiger partial charge in [-0.15, -0.1) is 0 Å². The Kier molecular flexibility index (Phi) is 3.39. The summed E-state index contributed by atoms with van der Waals surface area (Å²) in [6, 6.07) is 0.847. The Bertz CT molecular complexity index is 161. The molecule has 0 aromatic rings. The number of nitrogens with zero attached hydrogens (tertiary/aromatic N) is 1. The molecule has 1 aliphatic rings. The van der Waals surface area contributed by atoms with E-state index in [2.05, 4.69) is 39.5 Å². The van der Waals surface area contributed by atoms with Gasteiger partial charge in [0.15, 0.2) is 0 Å². The summed E-state index contributed by atoms with van der Waals surface area (Å²) in [6.45, 7) is 12.9. The zero-order chi connectivity index (χ0) is 10.1. The van der Waals surface area contributed by atoms with Crippen molar-refractivity contribution in [1.82, 2.24) is 4.90 Å². The van der Waals surface area contributed by atoms with Gasteiger partial charge in [0.25, 0.3) is 0 Å². The Morgan fingerprint density at radius 1 is 1.38 bits per heavy atom. The maximum absolute atomic E-state index is 2.69. The van der Waals surface area contributed by atoms with Crippen molar-refractivity contribution < 1.29 is 0 Å². The van der Waals surface area contributed by atoms with E-state index in [0.29, 0.717) is 5.54 Å². The summed E-state index contributed by atoms with van der Waals surface area (Å²) in [4.78, 5) is 2.69. The monoisotopic (exact) mass is 183 g/mol. The van der Waals surface area contributed by atoms with Gasteiger partial charge in [0.2, 0.25) is 0 Å². The van der Waals surface area contributed by atoms with Crippen molar-refractivity contribution >= 4 is 0 Å². The van der Waals surface area contributed by atoms with E-state index in [1.54, 1.807) is 0 Å². The molecule has 0 radical (unpaired) electrons. The largest absolute Gasteiger partial charge is 0.296 e. The molecule has 1 heteroatoms. The predicted octanol–water partition coefficient (Wildman–Crippen LogP) is 3.30. The Labute approximate surface area is 83.5 Å². The summed E-state index contributed by atoms with van der Waals surface area (Å²) in [5.74, 6) is 0.841. The molecule has 1 atom stereocenters. The average Bonchev–Trinajstić information content (AvgIpc) is 2.25. The quantitative estimate of drug-likeness (QED) is 0.649. The number of rotatable bonds is 3. The SMILES string of the molecule is CCN1[C@H](CC(C)C)CCC1(C)C. The van der Waals surface area contributed by atoms with Gasteiger partial charge >= 0.3 is 0 Å². The molecule has 1 heterocycles. The molecule has 1 nitrogen and oxygen atoms in total. The summed E-state index contributed by atoms with van der Waals surface area (Å²) in [7, 11) is 0. The van der Waals surface area contributed by atoms with Crippen LogP contribution in [0.1, 0.15) is 53.9 Å². The fourth-order valence-corrected chi connectivity index (χ4v) is 2.79. The molecule has 0 aliphatic carbocycles. The average molecular weight is 183 g/mol. The van der Waals surface area contributed by atoms with Gasteiger partial charge in [-0.05, 0) is 45.6 Å². The molecule has 1 aliphatic heterocycles. The van der Waals surface area contributed by atoms with Crippen molar-refractivity contribution in [2.45, 2.75) is 65.5 Å². The molecule has 0 saturated carbocycles. The molecule has 0 aromatic heterocycles. The zero-order valence-electron chi connectivity index (χ0n) is 9.93. The first kappa shape index (κ1) is 11.0. The second kappa shape index (κ2) is 4.00. The van der Waals surface area contributed by atoms with Gasteiger partial charge in [0.1, 0.15) is 0 Å². The van der Waals surface area contributed by atoms with Gasteiger partial charge in [0, 0.05) is 11.6 Å². The molecule has 78 valence electrons. The molecule has 0 bridgehead atoms.